The molecule has 1 saturated heterocycles. The first-order chi connectivity index (χ1) is 9.82. The highest BCUT2D eigenvalue weighted by Gasteiger charge is 2.32. The average Bonchev–Trinajstić information content (AvgIpc) is 2.43. The highest BCUT2D eigenvalue weighted by atomic mass is 32.2. The van der Waals surface area contributed by atoms with E-state index in [4.69, 9.17) is 0 Å². The molecule has 1 atom stereocenters. The van der Waals surface area contributed by atoms with Crippen LogP contribution in [0.1, 0.15) is 18.9 Å². The fourth-order valence-electron chi connectivity index (χ4n) is 2.34. The molecule has 1 unspecified atom stereocenters. The molecule has 0 saturated carbocycles. The predicted octanol–water partition coefficient (Wildman–Crippen LogP) is 0.327. The first kappa shape index (κ1) is 15.5. The first-order valence-electron chi connectivity index (χ1n) is 6.69. The molecule has 0 aromatic heterocycles. The summed E-state index contributed by atoms with van der Waals surface area (Å²) in [7, 11) is -3.23. The lowest BCUT2D eigenvalue weighted by atomic mass is 10.1. The van der Waals surface area contributed by atoms with Crippen LogP contribution in [0.4, 0.5) is 0 Å². The molecule has 0 radical (unpaired) electrons. The summed E-state index contributed by atoms with van der Waals surface area (Å²) in [5.74, 6) is -0.279. The Morgan fingerprint density at radius 1 is 1.24 bits per heavy atom. The molecule has 114 valence electrons. The number of sulfone groups is 1. The van der Waals surface area contributed by atoms with Gasteiger partial charge in [0.25, 0.3) is 0 Å². The van der Waals surface area contributed by atoms with Gasteiger partial charge in [0, 0.05) is 12.8 Å². The van der Waals surface area contributed by atoms with E-state index in [-0.39, 0.29) is 23.3 Å². The van der Waals surface area contributed by atoms with E-state index in [0.717, 1.165) is 11.8 Å². The van der Waals surface area contributed by atoms with Gasteiger partial charge >= 0.3 is 0 Å². The Bertz CT molecular complexity index is 652. The largest absolute Gasteiger partial charge is 0.345 e. The minimum absolute atomic E-state index is 0.0107. The van der Waals surface area contributed by atoms with Gasteiger partial charge in [-0.05, 0) is 24.1 Å². The second-order valence-corrected chi connectivity index (χ2v) is 7.10. The lowest BCUT2D eigenvalue weighted by molar-refractivity contribution is -0.146. The predicted molar refractivity (Wildman–Crippen MR) is 77.2 cm³/mol. The van der Waals surface area contributed by atoms with E-state index in [9.17, 15) is 18.0 Å². The van der Waals surface area contributed by atoms with Crippen molar-refractivity contribution in [3.05, 3.63) is 29.8 Å². The van der Waals surface area contributed by atoms with Gasteiger partial charge in [-0.1, -0.05) is 19.1 Å². The van der Waals surface area contributed by atoms with Crippen LogP contribution < -0.4 is 5.32 Å². The second-order valence-electron chi connectivity index (χ2n) is 5.08. The van der Waals surface area contributed by atoms with E-state index in [0.29, 0.717) is 13.0 Å². The Labute approximate surface area is 124 Å². The van der Waals surface area contributed by atoms with Crippen molar-refractivity contribution in [2.75, 3.05) is 12.8 Å². The Morgan fingerprint density at radius 2 is 1.86 bits per heavy atom. The third kappa shape index (κ3) is 3.41. The van der Waals surface area contributed by atoms with Crippen LogP contribution in [0.3, 0.4) is 0 Å². The summed E-state index contributed by atoms with van der Waals surface area (Å²) in [5.41, 5.74) is 0.795. The number of carbonyl (C=O) groups is 2. The molecule has 2 amide bonds. The van der Waals surface area contributed by atoms with Crippen LogP contribution in [0, 0.1) is 0 Å². The molecule has 1 heterocycles. The third-order valence-corrected chi connectivity index (χ3v) is 4.63. The monoisotopic (exact) mass is 310 g/mol. The number of nitrogens with one attached hydrogen (secondary N) is 1. The fourth-order valence-corrected chi connectivity index (χ4v) is 2.97. The van der Waals surface area contributed by atoms with Gasteiger partial charge in [0.2, 0.25) is 11.8 Å². The van der Waals surface area contributed by atoms with Gasteiger partial charge in [-0.2, -0.15) is 0 Å². The summed E-state index contributed by atoms with van der Waals surface area (Å²) in [5, 5.41) is 2.57. The van der Waals surface area contributed by atoms with Crippen molar-refractivity contribution in [2.45, 2.75) is 30.8 Å². The topological polar surface area (TPSA) is 83.6 Å². The van der Waals surface area contributed by atoms with Crippen molar-refractivity contribution in [2.24, 2.45) is 0 Å². The maximum Gasteiger partial charge on any atom is 0.243 e. The Kier molecular flexibility index (Phi) is 4.32. The van der Waals surface area contributed by atoms with Crippen LogP contribution in [0.2, 0.25) is 0 Å². The zero-order valence-electron chi connectivity index (χ0n) is 12.0. The molecular weight excluding hydrogens is 292 g/mol. The minimum atomic E-state index is -3.23. The molecule has 1 N–H and O–H groups in total. The molecule has 1 aromatic rings. The summed E-state index contributed by atoms with van der Waals surface area (Å²) in [6.45, 7) is 2.16. The van der Waals surface area contributed by atoms with Gasteiger partial charge in [0.05, 0.1) is 11.4 Å². The number of hydrogen-bond donors (Lipinski definition) is 1. The molecule has 0 spiro atoms. The van der Waals surface area contributed by atoms with Crippen molar-refractivity contribution in [3.63, 3.8) is 0 Å². The Hall–Kier alpha value is -1.89. The van der Waals surface area contributed by atoms with Gasteiger partial charge in [0.15, 0.2) is 9.84 Å². The lowest BCUT2D eigenvalue weighted by Gasteiger charge is -2.34. The van der Waals surface area contributed by atoms with Crippen LogP contribution in [0.25, 0.3) is 0 Å². The fraction of sp³-hybridized carbons (Fsp3) is 0.429. The minimum Gasteiger partial charge on any atom is -0.345 e. The van der Waals surface area contributed by atoms with E-state index in [1.54, 1.807) is 12.1 Å². The van der Waals surface area contributed by atoms with E-state index < -0.39 is 15.9 Å². The number of benzene rings is 1. The van der Waals surface area contributed by atoms with Gasteiger partial charge in [-0.3, -0.25) is 9.59 Å². The lowest BCUT2D eigenvalue weighted by Crippen LogP contribution is -2.57. The maximum atomic E-state index is 12.0. The molecule has 21 heavy (non-hydrogen) atoms. The third-order valence-electron chi connectivity index (χ3n) is 3.50. The van der Waals surface area contributed by atoms with Crippen molar-refractivity contribution in [3.8, 4) is 0 Å². The normalized spacial score (nSPS) is 19.5. The van der Waals surface area contributed by atoms with Crippen LogP contribution in [0.5, 0.6) is 0 Å². The average molecular weight is 310 g/mol. The standard InChI is InChI=1S/C14H18N2O4S/c1-3-12-14(18)15-8-13(17)16(12)9-10-4-6-11(7-5-10)21(2,19)20/h4-7,12H,3,8-9H2,1-2H3,(H,15,18). The number of piperazine rings is 1. The van der Waals surface area contributed by atoms with Crippen molar-refractivity contribution in [1.82, 2.24) is 10.2 Å². The Balaban J connectivity index is 2.19. The van der Waals surface area contributed by atoms with E-state index in [1.165, 1.54) is 17.0 Å². The smallest absolute Gasteiger partial charge is 0.243 e. The molecule has 0 bridgehead atoms. The van der Waals surface area contributed by atoms with E-state index in [1.807, 2.05) is 6.92 Å². The Morgan fingerprint density at radius 3 is 2.38 bits per heavy atom. The molecule has 6 nitrogen and oxygen atoms in total. The molecule has 1 aliphatic rings. The zero-order chi connectivity index (χ0) is 15.6. The van der Waals surface area contributed by atoms with Gasteiger partial charge in [-0.15, -0.1) is 0 Å². The molecule has 0 aliphatic carbocycles. The molecule has 7 heteroatoms. The zero-order valence-corrected chi connectivity index (χ0v) is 12.8. The first-order valence-corrected chi connectivity index (χ1v) is 8.58. The highest BCUT2D eigenvalue weighted by Crippen LogP contribution is 2.16. The van der Waals surface area contributed by atoms with Gasteiger partial charge in [-0.25, -0.2) is 8.42 Å². The molecule has 2 rings (SSSR count). The number of rotatable bonds is 4. The number of carbonyl (C=O) groups excluding carboxylic acids is 2. The SMILES string of the molecule is CCC1C(=O)NCC(=O)N1Cc1ccc(S(C)(=O)=O)cc1. The number of amides is 2. The summed E-state index contributed by atoms with van der Waals surface area (Å²) >= 11 is 0. The van der Waals surface area contributed by atoms with Crippen molar-refractivity contribution < 1.29 is 18.0 Å². The van der Waals surface area contributed by atoms with Crippen molar-refractivity contribution in [1.29, 1.82) is 0 Å². The molecule has 1 fully saturated rings. The summed E-state index contributed by atoms with van der Waals surface area (Å²) in [6.07, 6.45) is 1.69. The van der Waals surface area contributed by atoms with Crippen LogP contribution >= 0.6 is 0 Å². The molecule has 1 aromatic carbocycles. The van der Waals surface area contributed by atoms with Crippen LogP contribution in [-0.4, -0.2) is 44.0 Å². The van der Waals surface area contributed by atoms with Gasteiger partial charge < -0.3 is 10.2 Å². The van der Waals surface area contributed by atoms with Crippen molar-refractivity contribution >= 4 is 21.7 Å². The van der Waals surface area contributed by atoms with Gasteiger partial charge in [0.1, 0.15) is 6.04 Å². The summed E-state index contributed by atoms with van der Waals surface area (Å²) in [4.78, 5) is 25.5. The number of hydrogen-bond acceptors (Lipinski definition) is 4. The number of nitrogens with zero attached hydrogens (tertiary/aromatic N) is 1. The second kappa shape index (κ2) is 5.85. The van der Waals surface area contributed by atoms with E-state index in [2.05, 4.69) is 5.32 Å². The summed E-state index contributed by atoms with van der Waals surface area (Å²) < 4.78 is 22.8. The van der Waals surface area contributed by atoms with E-state index >= 15 is 0 Å². The van der Waals surface area contributed by atoms with Crippen LogP contribution in [0.15, 0.2) is 29.2 Å². The maximum absolute atomic E-state index is 12.0. The molecular formula is C14H18N2O4S. The molecule has 1 aliphatic heterocycles. The quantitative estimate of drug-likeness (QED) is 0.868. The summed E-state index contributed by atoms with van der Waals surface area (Å²) in [6, 6.07) is 5.90. The van der Waals surface area contributed by atoms with Crippen LogP contribution in [-0.2, 0) is 26.0 Å². The highest BCUT2D eigenvalue weighted by molar-refractivity contribution is 7.90.